The number of aliphatic hydroxyl groups is 2. The molecule has 0 heterocycles. The van der Waals surface area contributed by atoms with E-state index in [0.717, 1.165) is 51.4 Å². The van der Waals surface area contributed by atoms with Crippen LogP contribution in [0.3, 0.4) is 0 Å². The number of fused-ring (bicyclic) bond motifs is 5. The maximum absolute atomic E-state index is 12.0. The molecule has 4 fully saturated rings. The second-order valence-electron chi connectivity index (χ2n) is 12.0. The van der Waals surface area contributed by atoms with Crippen LogP contribution in [-0.2, 0) is 14.3 Å². The molecule has 0 aliphatic heterocycles. The van der Waals surface area contributed by atoms with Gasteiger partial charge in [-0.1, -0.05) is 20.8 Å². The molecule has 4 rings (SSSR count). The molecule has 0 aromatic rings. The zero-order valence-electron chi connectivity index (χ0n) is 20.1. The van der Waals surface area contributed by atoms with Gasteiger partial charge in [-0.05, 0) is 104 Å². The topological polar surface area (TPSA) is 110 Å². The standard InChI is InChI=1S/C26H43NO5/c1-15(4-7-22(30)32-23(31)14-27)18-5-6-19-24-20(9-11-26(18,19)3)25(2)10-8-17(28)12-16(25)13-21(24)29/h15-21,24,28-29H,4-14,27H2,1-3H3/t15-,16?,17+,18-,19+,20+,21+,24+,25+,26-/m1/s1. The SMILES string of the molecule is C[C@H](CCC(=O)OC(=O)CN)[C@H]1CC[C@H]2[C@@H]3[C@@H](O)CC4C[C@@H](O)CC[C@]4(C)[C@H]3CC[C@]12C. The van der Waals surface area contributed by atoms with Gasteiger partial charge < -0.3 is 20.7 Å². The molecule has 4 N–H and O–H groups in total. The van der Waals surface area contributed by atoms with Crippen molar-refractivity contribution in [2.45, 2.75) is 97.2 Å². The van der Waals surface area contributed by atoms with Crippen molar-refractivity contribution in [2.24, 2.45) is 52.1 Å². The molecular formula is C26H43NO5. The van der Waals surface area contributed by atoms with Crippen LogP contribution < -0.4 is 5.73 Å². The van der Waals surface area contributed by atoms with Crippen molar-refractivity contribution in [3.8, 4) is 0 Å². The summed E-state index contributed by atoms with van der Waals surface area (Å²) < 4.78 is 4.74. The van der Waals surface area contributed by atoms with Gasteiger partial charge in [0.05, 0.1) is 18.8 Å². The minimum atomic E-state index is -0.665. The third-order valence-electron chi connectivity index (χ3n) is 10.6. The first-order valence-electron chi connectivity index (χ1n) is 12.9. The smallest absolute Gasteiger partial charge is 0.327 e. The molecule has 4 aliphatic rings. The normalized spacial score (nSPS) is 46.5. The van der Waals surface area contributed by atoms with E-state index in [1.54, 1.807) is 0 Å². The molecule has 0 amide bonds. The monoisotopic (exact) mass is 449 g/mol. The zero-order chi connectivity index (χ0) is 23.3. The van der Waals surface area contributed by atoms with Crippen LogP contribution in [0.2, 0.25) is 0 Å². The lowest BCUT2D eigenvalue weighted by Crippen LogP contribution is -2.58. The first-order valence-corrected chi connectivity index (χ1v) is 12.9. The van der Waals surface area contributed by atoms with E-state index in [4.69, 9.17) is 10.5 Å². The second kappa shape index (κ2) is 8.99. The summed E-state index contributed by atoms with van der Waals surface area (Å²) in [6.45, 7) is 6.84. The van der Waals surface area contributed by atoms with Crippen molar-refractivity contribution >= 4 is 11.9 Å². The number of hydrogen-bond donors (Lipinski definition) is 3. The quantitative estimate of drug-likeness (QED) is 0.438. The Hall–Kier alpha value is -0.980. The third kappa shape index (κ3) is 4.05. The molecule has 0 radical (unpaired) electrons. The highest BCUT2D eigenvalue weighted by molar-refractivity contribution is 5.86. The molecule has 10 atom stereocenters. The molecule has 6 heteroatoms. The van der Waals surface area contributed by atoms with Gasteiger partial charge in [0.15, 0.2) is 0 Å². The van der Waals surface area contributed by atoms with Gasteiger partial charge in [0.1, 0.15) is 0 Å². The van der Waals surface area contributed by atoms with Crippen LogP contribution in [0.15, 0.2) is 0 Å². The lowest BCUT2D eigenvalue weighted by Gasteiger charge is -2.62. The van der Waals surface area contributed by atoms with E-state index in [0.29, 0.717) is 35.5 Å². The highest BCUT2D eigenvalue weighted by Crippen LogP contribution is 2.68. The van der Waals surface area contributed by atoms with E-state index in [2.05, 4.69) is 20.8 Å². The molecule has 4 aliphatic carbocycles. The number of carbonyl (C=O) groups is 2. The van der Waals surface area contributed by atoms with Gasteiger partial charge in [0, 0.05) is 6.42 Å². The molecule has 4 saturated carbocycles. The van der Waals surface area contributed by atoms with Crippen LogP contribution in [0.5, 0.6) is 0 Å². The molecule has 0 aromatic carbocycles. The summed E-state index contributed by atoms with van der Waals surface area (Å²) in [5, 5.41) is 21.6. The number of carbonyl (C=O) groups excluding carboxylic acids is 2. The molecular weight excluding hydrogens is 406 g/mol. The molecule has 182 valence electrons. The largest absolute Gasteiger partial charge is 0.393 e. The van der Waals surface area contributed by atoms with Gasteiger partial charge in [-0.25, -0.2) is 0 Å². The fourth-order valence-corrected chi connectivity index (χ4v) is 8.94. The summed E-state index contributed by atoms with van der Waals surface area (Å²) in [7, 11) is 0. The Kier molecular flexibility index (Phi) is 6.79. The van der Waals surface area contributed by atoms with Crippen molar-refractivity contribution in [1.29, 1.82) is 0 Å². The first kappa shape index (κ1) is 24.2. The van der Waals surface area contributed by atoms with Crippen molar-refractivity contribution in [3.05, 3.63) is 0 Å². The predicted molar refractivity (Wildman–Crippen MR) is 121 cm³/mol. The van der Waals surface area contributed by atoms with Crippen LogP contribution in [0.4, 0.5) is 0 Å². The van der Waals surface area contributed by atoms with E-state index < -0.39 is 11.9 Å². The Labute approximate surface area is 192 Å². The highest BCUT2D eigenvalue weighted by atomic mass is 16.6. The van der Waals surface area contributed by atoms with Crippen molar-refractivity contribution < 1.29 is 24.5 Å². The fraction of sp³-hybridized carbons (Fsp3) is 0.923. The highest BCUT2D eigenvalue weighted by Gasteiger charge is 2.62. The van der Waals surface area contributed by atoms with Crippen molar-refractivity contribution in [2.75, 3.05) is 6.54 Å². The van der Waals surface area contributed by atoms with Gasteiger partial charge in [-0.2, -0.15) is 0 Å². The second-order valence-corrected chi connectivity index (χ2v) is 12.0. The molecule has 0 bridgehead atoms. The summed E-state index contributed by atoms with van der Waals surface area (Å²) in [5.74, 6) is 1.62. The number of esters is 2. The van der Waals surface area contributed by atoms with E-state index >= 15 is 0 Å². The van der Waals surface area contributed by atoms with E-state index in [9.17, 15) is 19.8 Å². The average Bonchev–Trinajstić information content (AvgIpc) is 3.10. The van der Waals surface area contributed by atoms with Gasteiger partial charge in [-0.15, -0.1) is 0 Å². The number of aliphatic hydroxyl groups excluding tert-OH is 2. The van der Waals surface area contributed by atoms with Gasteiger partial charge in [0.25, 0.3) is 0 Å². The van der Waals surface area contributed by atoms with E-state index in [1.807, 2.05) is 0 Å². The summed E-state index contributed by atoms with van der Waals surface area (Å²) in [4.78, 5) is 23.2. The Morgan fingerprint density at radius 2 is 1.69 bits per heavy atom. The van der Waals surface area contributed by atoms with Crippen LogP contribution in [0.25, 0.3) is 0 Å². The van der Waals surface area contributed by atoms with Crippen LogP contribution in [0, 0.1) is 46.3 Å². The van der Waals surface area contributed by atoms with Crippen LogP contribution in [0.1, 0.15) is 85.0 Å². The molecule has 0 saturated heterocycles. The summed E-state index contributed by atoms with van der Waals surface area (Å²) in [6.07, 6.45) is 8.82. The number of rotatable bonds is 5. The Morgan fingerprint density at radius 1 is 1.00 bits per heavy atom. The minimum absolute atomic E-state index is 0.190. The third-order valence-corrected chi connectivity index (χ3v) is 10.6. The van der Waals surface area contributed by atoms with Gasteiger partial charge in [-0.3, -0.25) is 9.59 Å². The number of ether oxygens (including phenoxy) is 1. The summed E-state index contributed by atoms with van der Waals surface area (Å²) in [5.41, 5.74) is 5.66. The molecule has 0 spiro atoms. The van der Waals surface area contributed by atoms with Gasteiger partial charge in [0.2, 0.25) is 0 Å². The Bertz CT molecular complexity index is 727. The van der Waals surface area contributed by atoms with Crippen LogP contribution in [-0.4, -0.2) is 40.9 Å². The molecule has 1 unspecified atom stereocenters. The van der Waals surface area contributed by atoms with Crippen molar-refractivity contribution in [3.63, 3.8) is 0 Å². The maximum Gasteiger partial charge on any atom is 0.327 e. The van der Waals surface area contributed by atoms with E-state index in [-0.39, 0.29) is 36.0 Å². The lowest BCUT2D eigenvalue weighted by molar-refractivity contribution is -0.174. The van der Waals surface area contributed by atoms with Gasteiger partial charge >= 0.3 is 11.9 Å². The summed E-state index contributed by atoms with van der Waals surface area (Å²) in [6, 6.07) is 0. The maximum atomic E-state index is 12.0. The van der Waals surface area contributed by atoms with Crippen LogP contribution >= 0.6 is 0 Å². The predicted octanol–water partition coefficient (Wildman–Crippen LogP) is 3.42. The number of hydrogen-bond acceptors (Lipinski definition) is 6. The van der Waals surface area contributed by atoms with E-state index in [1.165, 1.54) is 6.42 Å². The summed E-state index contributed by atoms with van der Waals surface area (Å²) >= 11 is 0. The first-order chi connectivity index (χ1) is 15.1. The van der Waals surface area contributed by atoms with Crippen molar-refractivity contribution in [1.82, 2.24) is 0 Å². The average molecular weight is 450 g/mol. The fourth-order valence-electron chi connectivity index (χ4n) is 8.94. The zero-order valence-corrected chi connectivity index (χ0v) is 20.1. The number of nitrogens with two attached hydrogens (primary N) is 1. The molecule has 0 aromatic heterocycles. The molecule has 6 nitrogen and oxygen atoms in total. The lowest BCUT2D eigenvalue weighted by atomic mass is 9.43. The minimum Gasteiger partial charge on any atom is -0.393 e. The molecule has 32 heavy (non-hydrogen) atoms. The Balaban J connectivity index is 1.45. The Morgan fingerprint density at radius 3 is 2.41 bits per heavy atom.